The third-order valence-corrected chi connectivity index (χ3v) is 8.89. The molecule has 3 rings (SSSR count). The van der Waals surface area contributed by atoms with Gasteiger partial charge in [-0.1, -0.05) is 18.5 Å². The summed E-state index contributed by atoms with van der Waals surface area (Å²) in [5.74, 6) is -2.80. The fourth-order valence-corrected chi connectivity index (χ4v) is 6.62. The summed E-state index contributed by atoms with van der Waals surface area (Å²) in [6.45, 7) is 11.9. The molecule has 3 amide bonds. The van der Waals surface area contributed by atoms with Gasteiger partial charge in [-0.15, -0.1) is 34.7 Å². The maximum Gasteiger partial charge on any atom is 0.413 e. The summed E-state index contributed by atoms with van der Waals surface area (Å²) in [6, 6.07) is -1.04. The largest absolute Gasteiger partial charge is 0.539 e. The van der Waals surface area contributed by atoms with E-state index in [1.807, 2.05) is 13.8 Å². The molecule has 0 unspecified atom stereocenters. The van der Waals surface area contributed by atoms with Crippen molar-refractivity contribution in [3.05, 3.63) is 22.3 Å². The number of alkyl halides is 1. The van der Waals surface area contributed by atoms with Gasteiger partial charge in [-0.3, -0.25) is 19.8 Å². The molecule has 0 aliphatic carbocycles. The van der Waals surface area contributed by atoms with Gasteiger partial charge in [0.15, 0.2) is 10.8 Å². The highest BCUT2D eigenvalue weighted by atomic mass is 35.5. The molecule has 45 heavy (non-hydrogen) atoms. The number of thiazole rings is 1. The van der Waals surface area contributed by atoms with Gasteiger partial charge in [0.05, 0.1) is 6.61 Å². The molecule has 1 aromatic rings. The van der Waals surface area contributed by atoms with E-state index in [4.69, 9.17) is 30.6 Å². The van der Waals surface area contributed by atoms with Gasteiger partial charge in [0.25, 0.3) is 11.8 Å². The Morgan fingerprint density at radius 1 is 1.20 bits per heavy atom. The van der Waals surface area contributed by atoms with Crippen LogP contribution < -0.4 is 10.6 Å². The molecule has 0 aromatic carbocycles. The summed E-state index contributed by atoms with van der Waals surface area (Å²) in [5.41, 5.74) is -2.12. The molecule has 0 bridgehead atoms. The lowest BCUT2D eigenvalue weighted by atomic mass is 10.0. The van der Waals surface area contributed by atoms with E-state index in [0.717, 1.165) is 17.8 Å². The Morgan fingerprint density at radius 2 is 1.89 bits per heavy atom. The van der Waals surface area contributed by atoms with Crippen LogP contribution in [0, 0.1) is 0 Å². The smallest absolute Gasteiger partial charge is 0.413 e. The fraction of sp³-hybridized carbons (Fsp3) is 0.593. The number of rotatable bonds is 12. The molecule has 0 saturated carbocycles. The van der Waals surface area contributed by atoms with Gasteiger partial charge in [-0.25, -0.2) is 19.4 Å². The van der Waals surface area contributed by atoms with Crippen molar-refractivity contribution in [1.82, 2.24) is 15.2 Å². The highest BCUT2D eigenvalue weighted by molar-refractivity contribution is 8.00. The summed E-state index contributed by atoms with van der Waals surface area (Å²) < 4.78 is 15.4. The van der Waals surface area contributed by atoms with Crippen LogP contribution in [0.4, 0.5) is 9.93 Å². The summed E-state index contributed by atoms with van der Waals surface area (Å²) >= 11 is 8.42. The summed E-state index contributed by atoms with van der Waals surface area (Å²) in [6.07, 6.45) is 0.724. The molecule has 246 valence electrons. The number of ether oxygens (including phenoxy) is 2. The minimum absolute atomic E-state index is 0.00780. The standard InChI is InChI=1S/C27H37BClN5O9S2/c1-8-9-10-40-23(38)27(6,7)43-33-16(15-12-44-24(30-15)32-25(39)41-26(3,4)5)19(35)31-17-20(36)34-18(22(37)42-28)14(11-29)13(2)45-21(17)34/h12-13,17,21H,8-11,28H2,1-7H3,(H,31,35)(H,30,32,39)/b33-16-/t13-,17-,21-/m1/s1. The van der Waals surface area contributed by atoms with E-state index in [-0.39, 0.29) is 40.0 Å². The summed E-state index contributed by atoms with van der Waals surface area (Å²) in [7, 11) is 1.20. The number of unbranched alkanes of at least 4 members (excludes halogenated alkanes) is 1. The third kappa shape index (κ3) is 8.70. The van der Waals surface area contributed by atoms with Gasteiger partial charge >= 0.3 is 26.1 Å². The van der Waals surface area contributed by atoms with E-state index < -0.39 is 52.5 Å². The first kappa shape index (κ1) is 36.2. The van der Waals surface area contributed by atoms with Crippen molar-refractivity contribution in [2.75, 3.05) is 17.8 Å². The number of aromatic nitrogens is 1. The predicted molar refractivity (Wildman–Crippen MR) is 172 cm³/mol. The van der Waals surface area contributed by atoms with Crippen LogP contribution >= 0.6 is 34.7 Å². The molecule has 2 aliphatic heterocycles. The molecule has 2 aliphatic rings. The Balaban J connectivity index is 1.88. The molecular formula is C27H37BClN5O9S2. The Hall–Kier alpha value is -3.31. The zero-order chi connectivity index (χ0) is 33.7. The molecule has 0 radical (unpaired) electrons. The van der Waals surface area contributed by atoms with Gasteiger partial charge < -0.3 is 24.3 Å². The molecule has 0 spiro atoms. The van der Waals surface area contributed by atoms with Gasteiger partial charge in [-0.05, 0) is 53.5 Å². The number of esters is 1. The highest BCUT2D eigenvalue weighted by Gasteiger charge is 2.56. The number of hydrogen-bond acceptors (Lipinski definition) is 13. The maximum atomic E-state index is 13.7. The molecule has 1 aromatic heterocycles. The van der Waals surface area contributed by atoms with E-state index in [9.17, 15) is 24.0 Å². The van der Waals surface area contributed by atoms with Crippen LogP contribution in [0.3, 0.4) is 0 Å². The Bertz CT molecular complexity index is 1390. The van der Waals surface area contributed by atoms with E-state index in [0.29, 0.717) is 12.0 Å². The SMILES string of the molecule is BOC(=O)C1=C(CCl)[C@@H](C)S[C@@H]2[C@H](NC(=O)/C(=N\OC(C)(C)C(=O)OCCCC)c3csc(NC(=O)OC(C)(C)C)n3)C(=O)N12. The number of amides is 3. The Kier molecular flexibility index (Phi) is 11.9. The molecule has 3 atom stereocenters. The molecular weight excluding hydrogens is 649 g/mol. The summed E-state index contributed by atoms with van der Waals surface area (Å²) in [5, 5.41) is 9.78. The van der Waals surface area contributed by atoms with Crippen LogP contribution in [-0.2, 0) is 38.1 Å². The second-order valence-electron chi connectivity index (χ2n) is 11.5. The minimum atomic E-state index is -1.58. The van der Waals surface area contributed by atoms with Gasteiger partial charge in [0, 0.05) is 16.5 Å². The number of carbonyl (C=O) groups excluding carboxylic acids is 5. The molecule has 1 saturated heterocycles. The monoisotopic (exact) mass is 685 g/mol. The lowest BCUT2D eigenvalue weighted by Gasteiger charge is -2.51. The van der Waals surface area contributed by atoms with Crippen LogP contribution in [0.2, 0.25) is 0 Å². The van der Waals surface area contributed by atoms with Crippen LogP contribution in [0.5, 0.6) is 0 Å². The number of fused-ring (bicyclic) bond motifs is 1. The number of hydrogen-bond donors (Lipinski definition) is 2. The first-order chi connectivity index (χ1) is 21.0. The van der Waals surface area contributed by atoms with Gasteiger partial charge in [0.2, 0.25) is 5.60 Å². The van der Waals surface area contributed by atoms with Crippen LogP contribution in [0.25, 0.3) is 0 Å². The number of thioether (sulfide) groups is 1. The molecule has 18 heteroatoms. The number of β-lactam (4-membered cyclic amide) rings is 1. The first-order valence-electron chi connectivity index (χ1n) is 14.1. The second-order valence-corrected chi connectivity index (χ2v) is 14.1. The Morgan fingerprint density at radius 3 is 2.49 bits per heavy atom. The van der Waals surface area contributed by atoms with Crippen LogP contribution in [0.15, 0.2) is 21.8 Å². The van der Waals surface area contributed by atoms with E-state index in [2.05, 4.69) is 20.8 Å². The molecule has 1 fully saturated rings. The first-order valence-corrected chi connectivity index (χ1v) is 16.5. The average Bonchev–Trinajstić information content (AvgIpc) is 3.41. The molecule has 14 nitrogen and oxygen atoms in total. The van der Waals surface area contributed by atoms with Crippen LogP contribution in [0.1, 0.15) is 67.0 Å². The normalized spacial score (nSPS) is 20.1. The average molecular weight is 686 g/mol. The number of nitrogens with one attached hydrogen (secondary N) is 2. The summed E-state index contributed by atoms with van der Waals surface area (Å²) in [4.78, 5) is 75.4. The van der Waals surface area contributed by atoms with E-state index in [1.54, 1.807) is 20.8 Å². The predicted octanol–water partition coefficient (Wildman–Crippen LogP) is 2.71. The highest BCUT2D eigenvalue weighted by Crippen LogP contribution is 2.44. The second kappa shape index (κ2) is 14.9. The van der Waals surface area contributed by atoms with Gasteiger partial charge in [0.1, 0.15) is 28.4 Å². The van der Waals surface area contributed by atoms with E-state index >= 15 is 0 Å². The fourth-order valence-electron chi connectivity index (χ4n) is 4.04. The third-order valence-electron chi connectivity index (χ3n) is 6.39. The van der Waals surface area contributed by atoms with Crippen LogP contribution in [-0.4, -0.2) is 93.8 Å². The van der Waals surface area contributed by atoms with E-state index in [1.165, 1.54) is 43.9 Å². The van der Waals surface area contributed by atoms with Crippen molar-refractivity contribution in [2.24, 2.45) is 5.16 Å². The molecule has 2 N–H and O–H groups in total. The number of carbonyl (C=O) groups is 5. The number of nitrogens with zero attached hydrogens (tertiary/aromatic N) is 3. The zero-order valence-electron chi connectivity index (χ0n) is 26.3. The van der Waals surface area contributed by atoms with Gasteiger partial charge in [-0.2, -0.15) is 0 Å². The van der Waals surface area contributed by atoms with Crippen molar-refractivity contribution in [2.45, 2.75) is 89.2 Å². The minimum Gasteiger partial charge on any atom is -0.539 e. The topological polar surface area (TPSA) is 175 Å². The lowest BCUT2D eigenvalue weighted by molar-refractivity contribution is -0.168. The maximum absolute atomic E-state index is 13.7. The quantitative estimate of drug-likeness (QED) is 0.0630. The Labute approximate surface area is 275 Å². The number of anilines is 1. The number of halogens is 1. The van der Waals surface area contributed by atoms with Crippen molar-refractivity contribution < 1.29 is 42.9 Å². The van der Waals surface area contributed by atoms with Crippen molar-refractivity contribution >= 4 is 83.4 Å². The van der Waals surface area contributed by atoms with Crippen molar-refractivity contribution in [3.8, 4) is 0 Å². The zero-order valence-corrected chi connectivity index (χ0v) is 28.7. The lowest BCUT2D eigenvalue weighted by Crippen LogP contribution is -2.71. The van der Waals surface area contributed by atoms with Crippen molar-refractivity contribution in [3.63, 3.8) is 0 Å². The molecule has 3 heterocycles. The van der Waals surface area contributed by atoms with Crippen molar-refractivity contribution in [1.29, 1.82) is 0 Å². The number of oxime groups is 1.